The van der Waals surface area contributed by atoms with Crippen molar-refractivity contribution in [3.8, 4) is 0 Å². The summed E-state index contributed by atoms with van der Waals surface area (Å²) in [6.45, 7) is 0. The lowest BCUT2D eigenvalue weighted by Crippen LogP contribution is -2.26. The minimum Gasteiger partial charge on any atom is -0.335 e. The van der Waals surface area contributed by atoms with Gasteiger partial charge in [0.2, 0.25) is 10.3 Å². The molecular formula is C4H4N2O3S. The molecule has 1 rings (SSSR count). The molecule has 54 valence electrons. The maximum Gasteiger partial charge on any atom is 0.236 e. The fourth-order valence-electron chi connectivity index (χ4n) is 0.578. The molecule has 6 heteroatoms. The first-order valence-electron chi connectivity index (χ1n) is 2.45. The third-order valence-corrected chi connectivity index (χ3v) is 1.74. The molecule has 0 radical (unpaired) electrons. The highest BCUT2D eigenvalue weighted by molar-refractivity contribution is 7.73. The van der Waals surface area contributed by atoms with Crippen LogP contribution in [0.1, 0.15) is 0 Å². The molecular weight excluding hydrogens is 156 g/mol. The van der Waals surface area contributed by atoms with E-state index in [2.05, 4.69) is 10.3 Å². The first-order chi connectivity index (χ1) is 4.75. The Morgan fingerprint density at radius 2 is 2.40 bits per heavy atom. The van der Waals surface area contributed by atoms with Crippen LogP contribution in [-0.2, 0) is 15.1 Å². The van der Waals surface area contributed by atoms with Crippen molar-refractivity contribution in [2.45, 2.75) is 6.04 Å². The van der Waals surface area contributed by atoms with Crippen LogP contribution in [-0.4, -0.2) is 32.1 Å². The Morgan fingerprint density at radius 3 is 2.80 bits per heavy atom. The van der Waals surface area contributed by atoms with Gasteiger partial charge >= 0.3 is 0 Å². The normalized spacial score (nSPS) is 22.4. The van der Waals surface area contributed by atoms with E-state index in [0.717, 1.165) is 0 Å². The summed E-state index contributed by atoms with van der Waals surface area (Å²) in [6, 6.07) is -0.863. The minimum absolute atomic E-state index is 0.0880. The number of hydrogen-bond acceptors (Lipinski definition) is 4. The lowest BCUT2D eigenvalue weighted by molar-refractivity contribution is -0.107. The average Bonchev–Trinajstić information content (AvgIpc) is 2.33. The number of carbonyl (C=O) groups excluding carboxylic acids is 1. The van der Waals surface area contributed by atoms with Crippen molar-refractivity contribution in [3.63, 3.8) is 0 Å². The Kier molecular flexibility index (Phi) is 1.81. The summed E-state index contributed by atoms with van der Waals surface area (Å²) < 4.78 is 20.5. The quantitative estimate of drug-likeness (QED) is 0.362. The van der Waals surface area contributed by atoms with Gasteiger partial charge in [0.05, 0.1) is 6.34 Å². The molecule has 0 saturated heterocycles. The predicted molar refractivity (Wildman–Crippen MR) is 35.4 cm³/mol. The van der Waals surface area contributed by atoms with Crippen molar-refractivity contribution in [1.29, 1.82) is 0 Å². The molecule has 0 aromatic rings. The van der Waals surface area contributed by atoms with Crippen LogP contribution in [0.2, 0.25) is 0 Å². The fourth-order valence-corrected chi connectivity index (χ4v) is 1.04. The van der Waals surface area contributed by atoms with Gasteiger partial charge in [-0.1, -0.05) is 0 Å². The van der Waals surface area contributed by atoms with Crippen LogP contribution < -0.4 is 5.32 Å². The fraction of sp³-hybridized carbons (Fsp3) is 0.250. The largest absolute Gasteiger partial charge is 0.335 e. The molecule has 0 amide bonds. The predicted octanol–water partition coefficient (Wildman–Crippen LogP) is -1.81. The van der Waals surface area contributed by atoms with Crippen LogP contribution in [0.15, 0.2) is 4.99 Å². The first-order valence-corrected chi connectivity index (χ1v) is 3.53. The Hall–Kier alpha value is -1.17. The van der Waals surface area contributed by atoms with E-state index in [1.165, 1.54) is 6.34 Å². The van der Waals surface area contributed by atoms with Crippen molar-refractivity contribution in [1.82, 2.24) is 5.32 Å². The Morgan fingerprint density at radius 1 is 1.70 bits per heavy atom. The number of nitrogens with zero attached hydrogens (tertiary/aromatic N) is 1. The lowest BCUT2D eigenvalue weighted by Gasteiger charge is -1.91. The number of hydrogen-bond donors (Lipinski definition) is 1. The van der Waals surface area contributed by atoms with Gasteiger partial charge in [-0.15, -0.1) is 0 Å². The molecule has 1 atom stereocenters. The van der Waals surface area contributed by atoms with Crippen LogP contribution in [0.5, 0.6) is 0 Å². The topological polar surface area (TPSA) is 75.6 Å². The molecule has 1 heterocycles. The maximum absolute atomic E-state index is 10.2. The van der Waals surface area contributed by atoms with Crippen LogP contribution in [0, 0.1) is 0 Å². The number of aliphatic imine (C=N–C) groups is 1. The average molecular weight is 160 g/mol. The molecule has 0 bridgehead atoms. The number of aldehydes is 1. The van der Waals surface area contributed by atoms with Gasteiger partial charge in [-0.25, -0.2) is 0 Å². The van der Waals surface area contributed by atoms with Crippen LogP contribution in [0.3, 0.4) is 0 Å². The minimum atomic E-state index is -2.37. The molecule has 0 aliphatic carbocycles. The van der Waals surface area contributed by atoms with E-state index in [1.807, 2.05) is 0 Å². The van der Waals surface area contributed by atoms with Gasteiger partial charge in [-0.05, 0) is 0 Å². The molecule has 1 aliphatic rings. The Bertz CT molecular complexity index is 294. The second-order valence-electron chi connectivity index (χ2n) is 1.60. The molecule has 1 N–H and O–H groups in total. The summed E-state index contributed by atoms with van der Waals surface area (Å²) in [4.78, 5) is 13.5. The highest BCUT2D eigenvalue weighted by Gasteiger charge is 2.18. The smallest absolute Gasteiger partial charge is 0.236 e. The van der Waals surface area contributed by atoms with Crippen LogP contribution in [0.25, 0.3) is 0 Å². The van der Waals surface area contributed by atoms with E-state index in [4.69, 9.17) is 0 Å². The molecule has 1 aliphatic heterocycles. The van der Waals surface area contributed by atoms with Gasteiger partial charge in [-0.3, -0.25) is 4.99 Å². The van der Waals surface area contributed by atoms with Crippen molar-refractivity contribution in [2.75, 3.05) is 0 Å². The van der Waals surface area contributed by atoms with E-state index in [0.29, 0.717) is 6.29 Å². The summed E-state index contributed by atoms with van der Waals surface area (Å²) in [5, 5.41) is 2.34. The molecule has 0 aromatic carbocycles. The molecule has 10 heavy (non-hydrogen) atoms. The highest BCUT2D eigenvalue weighted by atomic mass is 32.2. The molecule has 5 nitrogen and oxygen atoms in total. The molecule has 0 aromatic heterocycles. The molecule has 1 unspecified atom stereocenters. The van der Waals surface area contributed by atoms with Crippen molar-refractivity contribution < 1.29 is 13.2 Å². The third kappa shape index (κ3) is 1.06. The van der Waals surface area contributed by atoms with Gasteiger partial charge < -0.3 is 10.1 Å². The monoisotopic (exact) mass is 160 g/mol. The van der Waals surface area contributed by atoms with Crippen LogP contribution in [0.4, 0.5) is 0 Å². The zero-order valence-corrected chi connectivity index (χ0v) is 5.63. The second kappa shape index (κ2) is 2.61. The Labute approximate surface area is 58.3 Å². The van der Waals surface area contributed by atoms with E-state index in [9.17, 15) is 13.2 Å². The zero-order valence-electron chi connectivity index (χ0n) is 4.81. The lowest BCUT2D eigenvalue weighted by atomic mass is 10.4. The van der Waals surface area contributed by atoms with Gasteiger partial charge in [-0.2, -0.15) is 8.42 Å². The van der Waals surface area contributed by atoms with Gasteiger partial charge in [0, 0.05) is 0 Å². The van der Waals surface area contributed by atoms with Gasteiger partial charge in [0.25, 0.3) is 0 Å². The van der Waals surface area contributed by atoms with Gasteiger partial charge in [0.15, 0.2) is 17.3 Å². The molecule has 0 spiro atoms. The third-order valence-electron chi connectivity index (χ3n) is 1.02. The number of carbonyl (C=O) groups is 1. The maximum atomic E-state index is 10.2. The Balaban J connectivity index is 3.07. The SMILES string of the molecule is O=CC1N=CNC1=S(=O)=O. The van der Waals surface area contributed by atoms with E-state index >= 15 is 0 Å². The first kappa shape index (κ1) is 6.94. The standard InChI is InChI=1S/C4H4N2O3S/c7-1-3-4(10(8)9)6-2-5-3/h1-3H,(H,5,6). The number of rotatable bonds is 1. The molecule has 0 fully saturated rings. The van der Waals surface area contributed by atoms with Crippen LogP contribution >= 0.6 is 0 Å². The van der Waals surface area contributed by atoms with E-state index in [1.54, 1.807) is 0 Å². The van der Waals surface area contributed by atoms with E-state index in [-0.39, 0.29) is 4.99 Å². The summed E-state index contributed by atoms with van der Waals surface area (Å²) in [7, 11) is -2.37. The summed E-state index contributed by atoms with van der Waals surface area (Å²) in [6.07, 6.45) is 1.64. The van der Waals surface area contributed by atoms with E-state index < -0.39 is 16.3 Å². The zero-order chi connectivity index (χ0) is 7.56. The highest BCUT2D eigenvalue weighted by Crippen LogP contribution is 1.91. The summed E-state index contributed by atoms with van der Waals surface area (Å²) >= 11 is 0. The van der Waals surface area contributed by atoms with Gasteiger partial charge in [0.1, 0.15) is 0 Å². The van der Waals surface area contributed by atoms with Crippen molar-refractivity contribution in [3.05, 3.63) is 0 Å². The summed E-state index contributed by atoms with van der Waals surface area (Å²) in [5.74, 6) is 0. The van der Waals surface area contributed by atoms with Crippen molar-refractivity contribution >= 4 is 27.9 Å². The summed E-state index contributed by atoms with van der Waals surface area (Å²) in [5.41, 5.74) is 0. The number of nitrogens with one attached hydrogen (secondary N) is 1. The second-order valence-corrected chi connectivity index (χ2v) is 2.51. The van der Waals surface area contributed by atoms with Crippen molar-refractivity contribution in [2.24, 2.45) is 4.99 Å². The molecule has 0 saturated carbocycles.